The van der Waals surface area contributed by atoms with Crippen LogP contribution in [0.4, 0.5) is 0 Å². The van der Waals surface area contributed by atoms with Crippen LogP contribution in [0.5, 0.6) is 0 Å². The lowest BCUT2D eigenvalue weighted by Crippen LogP contribution is -2.45. The highest BCUT2D eigenvalue weighted by atomic mass is 16.5. The van der Waals surface area contributed by atoms with Crippen molar-refractivity contribution in [3.8, 4) is 0 Å². The van der Waals surface area contributed by atoms with Crippen molar-refractivity contribution in [3.05, 3.63) is 24.3 Å². The normalized spacial score (nSPS) is 12.7. The third kappa shape index (κ3) is 57.5. The molecular weight excluding hydrogens is 875 g/mol. The molecule has 6 nitrogen and oxygen atoms in total. The Morgan fingerprint density at radius 1 is 0.394 bits per heavy atom. The first-order valence-corrected chi connectivity index (χ1v) is 32.1. The van der Waals surface area contributed by atoms with Crippen molar-refractivity contribution in [1.82, 2.24) is 5.32 Å². The van der Waals surface area contributed by atoms with Crippen molar-refractivity contribution in [2.75, 3.05) is 13.2 Å². The number of carbonyl (C=O) groups excluding carboxylic acids is 2. The lowest BCUT2D eigenvalue weighted by atomic mass is 10.0. The Morgan fingerprint density at radius 2 is 0.704 bits per heavy atom. The number of amides is 1. The molecule has 0 aliphatic carbocycles. The maximum Gasteiger partial charge on any atom is 0.305 e. The number of aliphatic hydroxyl groups is 2. The Morgan fingerprint density at radius 3 is 1.07 bits per heavy atom. The number of aliphatic hydroxyl groups excluding tert-OH is 2. The molecule has 2 unspecified atom stereocenters. The number of ether oxygens (including phenoxy) is 1. The Balaban J connectivity index is 3.45. The Kier molecular flexibility index (Phi) is 59.5. The molecule has 0 saturated carbocycles. The fourth-order valence-electron chi connectivity index (χ4n) is 10.1. The van der Waals surface area contributed by atoms with Crippen LogP contribution in [-0.4, -0.2) is 47.4 Å². The first-order chi connectivity index (χ1) is 35.0. The van der Waals surface area contributed by atoms with Gasteiger partial charge in [-0.25, -0.2) is 0 Å². The maximum absolute atomic E-state index is 12.5. The minimum Gasteiger partial charge on any atom is -0.466 e. The lowest BCUT2D eigenvalue weighted by Gasteiger charge is -2.22. The molecule has 0 radical (unpaired) electrons. The Labute approximate surface area is 443 Å². The van der Waals surface area contributed by atoms with E-state index in [0.29, 0.717) is 25.9 Å². The Bertz CT molecular complexity index is 1110. The zero-order valence-corrected chi connectivity index (χ0v) is 48.0. The van der Waals surface area contributed by atoms with Crippen molar-refractivity contribution in [2.24, 2.45) is 0 Å². The molecule has 0 aliphatic heterocycles. The van der Waals surface area contributed by atoms with Crippen molar-refractivity contribution in [1.29, 1.82) is 0 Å². The summed E-state index contributed by atoms with van der Waals surface area (Å²) in [6.07, 6.45) is 74.8. The highest BCUT2D eigenvalue weighted by molar-refractivity contribution is 5.76. The lowest BCUT2D eigenvalue weighted by molar-refractivity contribution is -0.143. The standard InChI is InChI=1S/C65H125NO5/c1-3-5-7-9-11-13-15-16-17-18-19-25-28-31-34-38-41-45-49-53-57-63(68)62(61-67)66-64(69)58-54-50-46-42-39-35-32-29-26-23-21-20-22-24-27-30-33-36-40-44-48-52-56-60-71-65(70)59-55-51-47-43-37-14-12-10-8-6-4-2/h20,22-23,26,62-63,67-68H,3-19,21,24-25,27-61H2,1-2H3,(H,66,69)/b22-20-,26-23-. The van der Waals surface area contributed by atoms with Crippen LogP contribution in [0.2, 0.25) is 0 Å². The molecule has 0 spiro atoms. The second-order valence-corrected chi connectivity index (χ2v) is 22.1. The molecule has 0 bridgehead atoms. The molecule has 71 heavy (non-hydrogen) atoms. The molecule has 0 rings (SSSR count). The summed E-state index contributed by atoms with van der Waals surface area (Å²) in [6.45, 7) is 4.97. The van der Waals surface area contributed by atoms with Gasteiger partial charge in [0.2, 0.25) is 5.91 Å². The van der Waals surface area contributed by atoms with Crippen LogP contribution in [0.3, 0.4) is 0 Å². The van der Waals surface area contributed by atoms with E-state index in [1.54, 1.807) is 0 Å². The van der Waals surface area contributed by atoms with Crippen molar-refractivity contribution in [3.63, 3.8) is 0 Å². The third-order valence-corrected chi connectivity index (χ3v) is 15.0. The minimum absolute atomic E-state index is 0.00726. The fourth-order valence-corrected chi connectivity index (χ4v) is 10.1. The Hall–Kier alpha value is -1.66. The number of hydrogen-bond donors (Lipinski definition) is 3. The van der Waals surface area contributed by atoms with Gasteiger partial charge < -0.3 is 20.3 Å². The predicted octanol–water partition coefficient (Wildman–Crippen LogP) is 20.2. The molecule has 6 heteroatoms. The number of unbranched alkanes of at least 4 members (excludes halogenated alkanes) is 45. The molecule has 0 aromatic carbocycles. The van der Waals surface area contributed by atoms with Crippen LogP contribution in [-0.2, 0) is 14.3 Å². The number of hydrogen-bond acceptors (Lipinski definition) is 5. The molecular formula is C65H125NO5. The molecule has 0 fully saturated rings. The van der Waals surface area contributed by atoms with Crippen molar-refractivity contribution >= 4 is 11.9 Å². The molecule has 420 valence electrons. The van der Waals surface area contributed by atoms with E-state index in [1.807, 2.05) is 0 Å². The summed E-state index contributed by atoms with van der Waals surface area (Å²) in [5.74, 6) is -0.0348. The van der Waals surface area contributed by atoms with Crippen LogP contribution in [0.25, 0.3) is 0 Å². The van der Waals surface area contributed by atoms with E-state index in [9.17, 15) is 19.8 Å². The maximum atomic E-state index is 12.5. The number of rotatable bonds is 60. The first-order valence-electron chi connectivity index (χ1n) is 32.1. The summed E-state index contributed by atoms with van der Waals surface area (Å²) in [5.41, 5.74) is 0. The van der Waals surface area contributed by atoms with Gasteiger partial charge in [0, 0.05) is 12.8 Å². The minimum atomic E-state index is -0.671. The van der Waals surface area contributed by atoms with Gasteiger partial charge in [0.05, 0.1) is 25.4 Å². The summed E-state index contributed by atoms with van der Waals surface area (Å²) in [4.78, 5) is 24.5. The van der Waals surface area contributed by atoms with Gasteiger partial charge in [-0.2, -0.15) is 0 Å². The fraction of sp³-hybridized carbons (Fsp3) is 0.908. The number of esters is 1. The van der Waals surface area contributed by atoms with Crippen molar-refractivity contribution in [2.45, 2.75) is 366 Å². The van der Waals surface area contributed by atoms with E-state index >= 15 is 0 Å². The van der Waals surface area contributed by atoms with Gasteiger partial charge in [-0.15, -0.1) is 0 Å². The second kappa shape index (κ2) is 60.9. The summed E-state index contributed by atoms with van der Waals surface area (Å²) in [6, 6.07) is -0.550. The molecule has 3 N–H and O–H groups in total. The molecule has 1 amide bonds. The SMILES string of the molecule is CCCCCCCCCCCCCCCCCCCCCCC(O)C(CO)NC(=O)CCCCCCCCC/C=C\C/C=C\CCCCCCCCCCCOC(=O)CCCCCCCCCCCCC. The predicted molar refractivity (Wildman–Crippen MR) is 310 cm³/mol. The van der Waals surface area contributed by atoms with Gasteiger partial charge in [0.25, 0.3) is 0 Å². The molecule has 2 atom stereocenters. The van der Waals surface area contributed by atoms with E-state index in [4.69, 9.17) is 4.74 Å². The largest absolute Gasteiger partial charge is 0.466 e. The van der Waals surface area contributed by atoms with E-state index in [0.717, 1.165) is 44.9 Å². The van der Waals surface area contributed by atoms with Crippen LogP contribution < -0.4 is 5.32 Å². The highest BCUT2D eigenvalue weighted by Crippen LogP contribution is 2.18. The van der Waals surface area contributed by atoms with Crippen LogP contribution in [0.15, 0.2) is 24.3 Å². The average molecular weight is 1000 g/mol. The summed E-state index contributed by atoms with van der Waals surface area (Å²) in [7, 11) is 0. The first kappa shape index (κ1) is 69.3. The van der Waals surface area contributed by atoms with Gasteiger partial charge in [-0.1, -0.05) is 308 Å². The monoisotopic (exact) mass is 1000 g/mol. The van der Waals surface area contributed by atoms with Gasteiger partial charge in [0.15, 0.2) is 0 Å². The average Bonchev–Trinajstić information content (AvgIpc) is 3.37. The zero-order chi connectivity index (χ0) is 51.4. The highest BCUT2D eigenvalue weighted by Gasteiger charge is 2.20. The summed E-state index contributed by atoms with van der Waals surface area (Å²) < 4.78 is 5.46. The van der Waals surface area contributed by atoms with E-state index < -0.39 is 12.1 Å². The third-order valence-electron chi connectivity index (χ3n) is 15.0. The molecule has 0 heterocycles. The van der Waals surface area contributed by atoms with Crippen LogP contribution >= 0.6 is 0 Å². The molecule has 0 aromatic rings. The van der Waals surface area contributed by atoms with Crippen LogP contribution in [0, 0.1) is 0 Å². The van der Waals surface area contributed by atoms with E-state index in [2.05, 4.69) is 43.5 Å². The number of nitrogens with one attached hydrogen (secondary N) is 1. The second-order valence-electron chi connectivity index (χ2n) is 22.1. The van der Waals surface area contributed by atoms with Gasteiger partial charge in [-0.05, 0) is 57.8 Å². The summed E-state index contributed by atoms with van der Waals surface area (Å²) >= 11 is 0. The molecule has 0 aliphatic rings. The van der Waals surface area contributed by atoms with Gasteiger partial charge in [0.1, 0.15) is 0 Å². The van der Waals surface area contributed by atoms with Gasteiger partial charge >= 0.3 is 5.97 Å². The summed E-state index contributed by atoms with van der Waals surface area (Å²) in [5, 5.41) is 23.4. The van der Waals surface area contributed by atoms with Crippen LogP contribution in [0.1, 0.15) is 354 Å². The quantitative estimate of drug-likeness (QED) is 0.0320. The molecule has 0 aromatic heterocycles. The van der Waals surface area contributed by atoms with Crippen molar-refractivity contribution < 1.29 is 24.5 Å². The smallest absolute Gasteiger partial charge is 0.305 e. The van der Waals surface area contributed by atoms with E-state index in [1.165, 1.54) is 276 Å². The molecule has 0 saturated heterocycles. The van der Waals surface area contributed by atoms with Gasteiger partial charge in [-0.3, -0.25) is 9.59 Å². The topological polar surface area (TPSA) is 95.9 Å². The zero-order valence-electron chi connectivity index (χ0n) is 48.0. The number of carbonyl (C=O) groups is 2. The number of allylic oxidation sites excluding steroid dienone is 4. The van der Waals surface area contributed by atoms with E-state index in [-0.39, 0.29) is 18.5 Å².